The Bertz CT molecular complexity index is 456. The van der Waals surface area contributed by atoms with E-state index >= 15 is 0 Å². The molecule has 0 radical (unpaired) electrons. The number of benzene rings is 1. The highest BCUT2D eigenvalue weighted by Gasteiger charge is 2.26. The van der Waals surface area contributed by atoms with Crippen LogP contribution in [0.3, 0.4) is 0 Å². The van der Waals surface area contributed by atoms with Gasteiger partial charge in [0.15, 0.2) is 0 Å². The van der Waals surface area contributed by atoms with Crippen LogP contribution >= 0.6 is 0 Å². The van der Waals surface area contributed by atoms with Gasteiger partial charge in [0, 0.05) is 23.7 Å². The van der Waals surface area contributed by atoms with E-state index in [9.17, 15) is 10.1 Å². The van der Waals surface area contributed by atoms with E-state index in [0.29, 0.717) is 6.04 Å². The first-order valence-corrected chi connectivity index (χ1v) is 7.27. The standard InChI is InChI=1S/C15H23N3O2/c1-12(14-7-3-4-8-15(14)18(19)20)17(2)13-6-5-10-16-11-9-13/h3-4,7-8,12-13,16H,5-6,9-11H2,1-2H3. The summed E-state index contributed by atoms with van der Waals surface area (Å²) in [4.78, 5) is 13.2. The molecular weight excluding hydrogens is 254 g/mol. The van der Waals surface area contributed by atoms with Crippen LogP contribution in [0.4, 0.5) is 5.69 Å². The molecule has 1 heterocycles. The Labute approximate surface area is 120 Å². The molecule has 0 aliphatic carbocycles. The molecule has 0 aromatic heterocycles. The summed E-state index contributed by atoms with van der Waals surface area (Å²) in [6, 6.07) is 7.60. The molecule has 1 aliphatic heterocycles. The zero-order chi connectivity index (χ0) is 14.5. The molecule has 1 aromatic carbocycles. The maximum absolute atomic E-state index is 11.2. The molecule has 1 fully saturated rings. The van der Waals surface area contributed by atoms with E-state index < -0.39 is 0 Å². The van der Waals surface area contributed by atoms with Crippen LogP contribution in [0.5, 0.6) is 0 Å². The maximum Gasteiger partial charge on any atom is 0.274 e. The van der Waals surface area contributed by atoms with Crippen molar-refractivity contribution in [3.8, 4) is 0 Å². The van der Waals surface area contributed by atoms with Crippen molar-refractivity contribution < 1.29 is 4.92 Å². The van der Waals surface area contributed by atoms with Gasteiger partial charge in [0.25, 0.3) is 5.69 Å². The number of nitrogens with one attached hydrogen (secondary N) is 1. The van der Waals surface area contributed by atoms with Gasteiger partial charge in [-0.15, -0.1) is 0 Å². The molecule has 1 saturated heterocycles. The lowest BCUT2D eigenvalue weighted by Gasteiger charge is -2.32. The first-order valence-electron chi connectivity index (χ1n) is 7.27. The molecule has 0 saturated carbocycles. The van der Waals surface area contributed by atoms with Crippen LogP contribution in [0.25, 0.3) is 0 Å². The van der Waals surface area contributed by atoms with Gasteiger partial charge in [-0.2, -0.15) is 0 Å². The first kappa shape index (κ1) is 14.9. The molecule has 1 aromatic rings. The van der Waals surface area contributed by atoms with Crippen molar-refractivity contribution in [1.29, 1.82) is 0 Å². The predicted octanol–water partition coefficient (Wildman–Crippen LogP) is 2.73. The fraction of sp³-hybridized carbons (Fsp3) is 0.600. The van der Waals surface area contributed by atoms with Gasteiger partial charge in [0.2, 0.25) is 0 Å². The topological polar surface area (TPSA) is 58.4 Å². The summed E-state index contributed by atoms with van der Waals surface area (Å²) in [5.74, 6) is 0. The zero-order valence-electron chi connectivity index (χ0n) is 12.2. The van der Waals surface area contributed by atoms with Crippen molar-refractivity contribution in [2.45, 2.75) is 38.3 Å². The summed E-state index contributed by atoms with van der Waals surface area (Å²) < 4.78 is 0. The van der Waals surface area contributed by atoms with Crippen molar-refractivity contribution >= 4 is 5.69 Å². The average molecular weight is 277 g/mol. The van der Waals surface area contributed by atoms with Gasteiger partial charge in [-0.05, 0) is 46.3 Å². The highest BCUT2D eigenvalue weighted by atomic mass is 16.6. The van der Waals surface area contributed by atoms with E-state index in [2.05, 4.69) is 24.2 Å². The highest BCUT2D eigenvalue weighted by molar-refractivity contribution is 5.41. The summed E-state index contributed by atoms with van der Waals surface area (Å²) in [6.45, 7) is 4.16. The van der Waals surface area contributed by atoms with E-state index in [0.717, 1.165) is 31.5 Å². The van der Waals surface area contributed by atoms with E-state index in [1.165, 1.54) is 6.42 Å². The number of nitrogens with zero attached hydrogens (tertiary/aromatic N) is 2. The zero-order valence-corrected chi connectivity index (χ0v) is 12.2. The fourth-order valence-corrected chi connectivity index (χ4v) is 2.95. The second-order valence-electron chi connectivity index (χ2n) is 5.49. The van der Waals surface area contributed by atoms with Gasteiger partial charge in [0.05, 0.1) is 4.92 Å². The normalized spacial score (nSPS) is 21.4. The van der Waals surface area contributed by atoms with Crippen molar-refractivity contribution in [1.82, 2.24) is 10.2 Å². The lowest BCUT2D eigenvalue weighted by molar-refractivity contribution is -0.386. The number of rotatable bonds is 4. The second-order valence-corrected chi connectivity index (χ2v) is 5.49. The van der Waals surface area contributed by atoms with E-state index in [1.807, 2.05) is 12.1 Å². The van der Waals surface area contributed by atoms with Gasteiger partial charge in [0.1, 0.15) is 0 Å². The van der Waals surface area contributed by atoms with Crippen LogP contribution < -0.4 is 5.32 Å². The van der Waals surface area contributed by atoms with Gasteiger partial charge >= 0.3 is 0 Å². The van der Waals surface area contributed by atoms with Crippen molar-refractivity contribution in [3.05, 3.63) is 39.9 Å². The molecule has 2 atom stereocenters. The van der Waals surface area contributed by atoms with Gasteiger partial charge in [-0.3, -0.25) is 15.0 Å². The Hall–Kier alpha value is -1.46. The molecule has 1 N–H and O–H groups in total. The number of hydrogen-bond acceptors (Lipinski definition) is 4. The molecule has 5 nitrogen and oxygen atoms in total. The average Bonchev–Trinajstić information content (AvgIpc) is 2.74. The third kappa shape index (κ3) is 3.35. The fourth-order valence-electron chi connectivity index (χ4n) is 2.95. The molecule has 20 heavy (non-hydrogen) atoms. The minimum absolute atomic E-state index is 0.0553. The summed E-state index contributed by atoms with van der Waals surface area (Å²) >= 11 is 0. The number of para-hydroxylation sites is 1. The smallest absolute Gasteiger partial charge is 0.274 e. The molecule has 1 aliphatic rings. The predicted molar refractivity (Wildman–Crippen MR) is 79.8 cm³/mol. The first-order chi connectivity index (χ1) is 9.61. The van der Waals surface area contributed by atoms with Gasteiger partial charge in [-0.25, -0.2) is 0 Å². The quantitative estimate of drug-likeness (QED) is 0.679. The lowest BCUT2D eigenvalue weighted by atomic mass is 10.0. The van der Waals surface area contributed by atoms with Crippen LogP contribution in [0, 0.1) is 10.1 Å². The molecule has 0 bridgehead atoms. The van der Waals surface area contributed by atoms with Crippen molar-refractivity contribution in [3.63, 3.8) is 0 Å². The van der Waals surface area contributed by atoms with Crippen LogP contribution in [0.2, 0.25) is 0 Å². The molecule has 2 unspecified atom stereocenters. The highest BCUT2D eigenvalue weighted by Crippen LogP contribution is 2.30. The minimum Gasteiger partial charge on any atom is -0.317 e. The Morgan fingerprint density at radius 3 is 2.85 bits per heavy atom. The van der Waals surface area contributed by atoms with Crippen molar-refractivity contribution in [2.75, 3.05) is 20.1 Å². The summed E-state index contributed by atoms with van der Waals surface area (Å²) in [6.07, 6.45) is 3.41. The monoisotopic (exact) mass is 277 g/mol. The largest absolute Gasteiger partial charge is 0.317 e. The Morgan fingerprint density at radius 1 is 1.35 bits per heavy atom. The molecule has 5 heteroatoms. The number of nitro groups is 1. The van der Waals surface area contributed by atoms with Crippen LogP contribution in [0.1, 0.15) is 37.8 Å². The molecule has 110 valence electrons. The number of nitro benzene ring substituents is 1. The molecule has 0 spiro atoms. The summed E-state index contributed by atoms with van der Waals surface area (Å²) in [5.41, 5.74) is 1.02. The third-order valence-corrected chi connectivity index (χ3v) is 4.32. The van der Waals surface area contributed by atoms with Crippen molar-refractivity contribution in [2.24, 2.45) is 0 Å². The Morgan fingerprint density at radius 2 is 2.10 bits per heavy atom. The third-order valence-electron chi connectivity index (χ3n) is 4.32. The summed E-state index contributed by atoms with van der Waals surface area (Å²) in [5, 5.41) is 14.6. The Balaban J connectivity index is 2.17. The minimum atomic E-state index is -0.283. The molecular formula is C15H23N3O2. The van der Waals surface area contributed by atoms with Gasteiger partial charge < -0.3 is 5.32 Å². The van der Waals surface area contributed by atoms with E-state index in [1.54, 1.807) is 12.1 Å². The van der Waals surface area contributed by atoms with E-state index in [-0.39, 0.29) is 16.7 Å². The Kier molecular flexibility index (Phi) is 5.09. The second kappa shape index (κ2) is 6.81. The maximum atomic E-state index is 11.2. The van der Waals surface area contributed by atoms with Crippen LogP contribution in [-0.2, 0) is 0 Å². The summed E-state index contributed by atoms with van der Waals surface area (Å²) in [7, 11) is 2.08. The van der Waals surface area contributed by atoms with E-state index in [4.69, 9.17) is 0 Å². The molecule has 0 amide bonds. The molecule has 2 rings (SSSR count). The van der Waals surface area contributed by atoms with Gasteiger partial charge in [-0.1, -0.05) is 18.2 Å². The van der Waals surface area contributed by atoms with Crippen LogP contribution in [-0.4, -0.2) is 36.0 Å². The number of hydrogen-bond donors (Lipinski definition) is 1. The lowest BCUT2D eigenvalue weighted by Crippen LogP contribution is -2.34. The van der Waals surface area contributed by atoms with Crippen LogP contribution in [0.15, 0.2) is 24.3 Å². The SMILES string of the molecule is CC(c1ccccc1[N+](=O)[O-])N(C)C1CCCNCC1.